The van der Waals surface area contributed by atoms with E-state index in [0.717, 1.165) is 11.3 Å². The van der Waals surface area contributed by atoms with Gasteiger partial charge in [0.25, 0.3) is 5.91 Å². The molecule has 6 rings (SSSR count). The summed E-state index contributed by atoms with van der Waals surface area (Å²) in [5, 5.41) is 2.51. The first-order valence-electron chi connectivity index (χ1n) is 11.0. The van der Waals surface area contributed by atoms with Gasteiger partial charge < -0.3 is 10.1 Å². The topological polar surface area (TPSA) is 92.8 Å². The van der Waals surface area contributed by atoms with Gasteiger partial charge in [-0.15, -0.1) is 0 Å². The zero-order valence-corrected chi connectivity index (χ0v) is 17.9. The minimum atomic E-state index is -1.07. The fraction of sp³-hybridized carbons (Fsp3) is 0.500. The molecule has 32 heavy (non-hydrogen) atoms. The first-order chi connectivity index (χ1) is 15.3. The average molecular weight is 440 g/mol. The normalized spacial score (nSPS) is 32.6. The molecule has 7 nitrogen and oxygen atoms in total. The molecule has 5 aliphatic rings. The van der Waals surface area contributed by atoms with Crippen molar-refractivity contribution in [3.8, 4) is 0 Å². The van der Waals surface area contributed by atoms with Gasteiger partial charge in [0.15, 0.2) is 6.61 Å². The van der Waals surface area contributed by atoms with Crippen molar-refractivity contribution in [3.63, 3.8) is 0 Å². The number of carbonyl (C=O) groups excluding carboxylic acids is 4. The number of anilines is 1. The SMILES string of the molecule is CC(C)[C@H](C(=O)OCC(=O)Nc1ccc(F)cc1)N1C(=O)[C@@H]2[C@@H]3C=C[C@H]([C@H]4C[C@H]34)[C@@H]2C1=O. The lowest BCUT2D eigenvalue weighted by molar-refractivity contribution is -0.162. The lowest BCUT2D eigenvalue weighted by Gasteiger charge is -2.37. The summed E-state index contributed by atoms with van der Waals surface area (Å²) < 4.78 is 18.2. The number of nitrogens with zero attached hydrogens (tertiary/aromatic N) is 1. The summed E-state index contributed by atoms with van der Waals surface area (Å²) in [5.74, 6) is -2.45. The zero-order chi connectivity index (χ0) is 22.7. The van der Waals surface area contributed by atoms with Crippen LogP contribution in [0.4, 0.5) is 10.1 Å². The number of halogens is 1. The molecule has 0 radical (unpaired) electrons. The molecule has 3 amide bonds. The smallest absolute Gasteiger partial charge is 0.330 e. The minimum Gasteiger partial charge on any atom is -0.454 e. The number of nitrogens with one attached hydrogen (secondary N) is 1. The van der Waals surface area contributed by atoms with Crippen LogP contribution >= 0.6 is 0 Å². The van der Waals surface area contributed by atoms with E-state index in [0.29, 0.717) is 17.5 Å². The van der Waals surface area contributed by atoms with E-state index < -0.39 is 42.2 Å². The quantitative estimate of drug-likeness (QED) is 0.417. The summed E-state index contributed by atoms with van der Waals surface area (Å²) in [6.45, 7) is 2.92. The predicted molar refractivity (Wildman–Crippen MR) is 111 cm³/mol. The predicted octanol–water partition coefficient (Wildman–Crippen LogP) is 2.39. The van der Waals surface area contributed by atoms with Crippen molar-refractivity contribution < 1.29 is 28.3 Å². The van der Waals surface area contributed by atoms with Gasteiger partial charge >= 0.3 is 5.97 Å². The van der Waals surface area contributed by atoms with Crippen molar-refractivity contribution in [2.75, 3.05) is 11.9 Å². The van der Waals surface area contributed by atoms with Crippen molar-refractivity contribution in [2.45, 2.75) is 26.3 Å². The number of ether oxygens (including phenoxy) is 1. The van der Waals surface area contributed by atoms with Crippen LogP contribution in [0.25, 0.3) is 0 Å². The van der Waals surface area contributed by atoms with Crippen LogP contribution in [0, 0.1) is 47.2 Å². The highest BCUT2D eigenvalue weighted by atomic mass is 19.1. The van der Waals surface area contributed by atoms with Crippen molar-refractivity contribution >= 4 is 29.4 Å². The van der Waals surface area contributed by atoms with Gasteiger partial charge in [-0.25, -0.2) is 9.18 Å². The van der Waals surface area contributed by atoms with E-state index in [9.17, 15) is 23.6 Å². The summed E-state index contributed by atoms with van der Waals surface area (Å²) >= 11 is 0. The maximum atomic E-state index is 13.3. The van der Waals surface area contributed by atoms with E-state index in [2.05, 4.69) is 17.5 Å². The van der Waals surface area contributed by atoms with Gasteiger partial charge in [-0.05, 0) is 60.3 Å². The van der Waals surface area contributed by atoms with Crippen molar-refractivity contribution in [2.24, 2.45) is 41.4 Å². The summed E-state index contributed by atoms with van der Waals surface area (Å²) in [4.78, 5) is 52.8. The molecule has 8 heteroatoms. The van der Waals surface area contributed by atoms with Crippen LogP contribution in [0.1, 0.15) is 20.3 Å². The third-order valence-corrected chi connectivity index (χ3v) is 7.32. The Bertz CT molecular complexity index is 984. The summed E-state index contributed by atoms with van der Waals surface area (Å²) in [7, 11) is 0. The Morgan fingerprint density at radius 1 is 1.06 bits per heavy atom. The van der Waals surface area contributed by atoms with Gasteiger partial charge in [-0.2, -0.15) is 0 Å². The molecule has 1 aliphatic heterocycles. The molecule has 1 aromatic carbocycles. The van der Waals surface area contributed by atoms with Crippen LogP contribution in [0.5, 0.6) is 0 Å². The maximum Gasteiger partial charge on any atom is 0.330 e. The number of hydrogen-bond acceptors (Lipinski definition) is 5. The molecule has 0 spiro atoms. The van der Waals surface area contributed by atoms with Crippen LogP contribution in [-0.2, 0) is 23.9 Å². The third kappa shape index (κ3) is 3.24. The molecule has 0 aromatic heterocycles. The van der Waals surface area contributed by atoms with Crippen molar-refractivity contribution in [3.05, 3.63) is 42.2 Å². The van der Waals surface area contributed by atoms with E-state index in [4.69, 9.17) is 4.74 Å². The van der Waals surface area contributed by atoms with Gasteiger partial charge in [0.05, 0.1) is 11.8 Å². The Morgan fingerprint density at radius 2 is 1.62 bits per heavy atom. The molecule has 7 atom stereocenters. The Balaban J connectivity index is 1.27. The molecular weight excluding hydrogens is 415 g/mol. The van der Waals surface area contributed by atoms with E-state index in [-0.39, 0.29) is 29.6 Å². The molecule has 2 bridgehead atoms. The van der Waals surface area contributed by atoms with Gasteiger partial charge in [-0.1, -0.05) is 26.0 Å². The van der Waals surface area contributed by atoms with Crippen LogP contribution in [-0.4, -0.2) is 41.2 Å². The number of allylic oxidation sites excluding steroid dienone is 2. The van der Waals surface area contributed by atoms with Gasteiger partial charge in [-0.3, -0.25) is 19.3 Å². The van der Waals surface area contributed by atoms with E-state index in [1.807, 2.05) is 0 Å². The molecule has 1 heterocycles. The Labute approximate surface area is 185 Å². The number of benzene rings is 1. The number of imide groups is 1. The molecule has 3 fully saturated rings. The fourth-order valence-corrected chi connectivity index (χ4v) is 5.88. The molecule has 1 aromatic rings. The first-order valence-corrected chi connectivity index (χ1v) is 11.0. The lowest BCUT2D eigenvalue weighted by atomic mass is 9.63. The highest BCUT2D eigenvalue weighted by Crippen LogP contribution is 2.65. The Kier molecular flexibility index (Phi) is 4.91. The van der Waals surface area contributed by atoms with Gasteiger partial charge in [0, 0.05) is 5.69 Å². The molecule has 1 saturated heterocycles. The summed E-state index contributed by atoms with van der Waals surface area (Å²) in [5.41, 5.74) is 0.364. The Hall–Kier alpha value is -3.03. The Morgan fingerprint density at radius 3 is 2.16 bits per heavy atom. The molecule has 2 saturated carbocycles. The minimum absolute atomic E-state index is 0.0711. The monoisotopic (exact) mass is 440 g/mol. The standard InChI is InChI=1S/C24H25FN2O5/c1-11(2)21(24(31)32-10-18(28)26-13-5-3-12(25)4-6-13)27-22(29)19-14-7-8-15(17-9-16(14)17)20(19)23(27)30/h3-8,11,14-17,19-21H,9-10H2,1-2H3,(H,26,28)/t14-,15-,16-,17-,19-,20+,21-/m1/s1. The lowest BCUT2D eigenvalue weighted by Crippen LogP contribution is -2.49. The molecular formula is C24H25FN2O5. The number of esters is 1. The molecule has 1 N–H and O–H groups in total. The van der Waals surface area contributed by atoms with Crippen LogP contribution in [0.15, 0.2) is 36.4 Å². The third-order valence-electron chi connectivity index (χ3n) is 7.32. The highest BCUT2D eigenvalue weighted by molar-refractivity contribution is 6.09. The zero-order valence-electron chi connectivity index (χ0n) is 17.9. The number of likely N-dealkylation sites (tertiary alicyclic amines) is 1. The molecule has 168 valence electrons. The first kappa shape index (κ1) is 20.8. The van der Waals surface area contributed by atoms with Gasteiger partial charge in [0.2, 0.25) is 11.8 Å². The average Bonchev–Trinajstić information content (AvgIpc) is 3.54. The fourth-order valence-electron chi connectivity index (χ4n) is 5.88. The van der Waals surface area contributed by atoms with E-state index in [1.54, 1.807) is 13.8 Å². The second-order valence-corrected chi connectivity index (χ2v) is 9.55. The van der Waals surface area contributed by atoms with E-state index in [1.165, 1.54) is 24.3 Å². The van der Waals surface area contributed by atoms with Crippen molar-refractivity contribution in [1.29, 1.82) is 0 Å². The van der Waals surface area contributed by atoms with Crippen LogP contribution in [0.3, 0.4) is 0 Å². The highest BCUT2D eigenvalue weighted by Gasteiger charge is 2.68. The van der Waals surface area contributed by atoms with Crippen LogP contribution < -0.4 is 5.32 Å². The summed E-state index contributed by atoms with van der Waals surface area (Å²) in [6, 6.07) is 4.11. The largest absolute Gasteiger partial charge is 0.454 e. The second kappa shape index (κ2) is 7.53. The van der Waals surface area contributed by atoms with Crippen LogP contribution in [0.2, 0.25) is 0 Å². The number of carbonyl (C=O) groups is 4. The van der Waals surface area contributed by atoms with E-state index >= 15 is 0 Å². The maximum absolute atomic E-state index is 13.3. The second-order valence-electron chi connectivity index (χ2n) is 9.55. The molecule has 4 aliphatic carbocycles. The number of hydrogen-bond donors (Lipinski definition) is 1. The number of amides is 3. The van der Waals surface area contributed by atoms with Crippen molar-refractivity contribution in [1.82, 2.24) is 4.90 Å². The number of rotatable bonds is 6. The summed E-state index contributed by atoms with van der Waals surface area (Å²) in [6.07, 6.45) is 5.23. The van der Waals surface area contributed by atoms with Gasteiger partial charge in [0.1, 0.15) is 11.9 Å². The molecule has 0 unspecified atom stereocenters.